The molecule has 1 aromatic carbocycles. The van der Waals surface area contributed by atoms with E-state index in [9.17, 15) is 0 Å². The number of halogens is 1. The van der Waals surface area contributed by atoms with Crippen molar-refractivity contribution in [2.24, 2.45) is 0 Å². The van der Waals surface area contributed by atoms with E-state index in [-0.39, 0.29) is 24.1 Å². The van der Waals surface area contributed by atoms with Crippen LogP contribution < -0.4 is 5.32 Å². The summed E-state index contributed by atoms with van der Waals surface area (Å²) >= 11 is 0. The van der Waals surface area contributed by atoms with E-state index in [2.05, 4.69) is 17.4 Å². The molecule has 0 bridgehead atoms. The molecule has 1 heterocycles. The van der Waals surface area contributed by atoms with Gasteiger partial charge in [0, 0.05) is 20.8 Å². The average Bonchev–Trinajstić information content (AvgIpc) is 2.39. The summed E-state index contributed by atoms with van der Waals surface area (Å²) < 4.78 is 11.4. The van der Waals surface area contributed by atoms with Gasteiger partial charge in [0.25, 0.3) is 0 Å². The Balaban J connectivity index is 0.00000144. The van der Waals surface area contributed by atoms with Gasteiger partial charge in [-0.2, -0.15) is 0 Å². The number of nitrogens with one attached hydrogen (secondary N) is 1. The Hall–Kier alpha value is -0.610. The highest BCUT2D eigenvalue weighted by Crippen LogP contribution is 2.35. The fourth-order valence-electron chi connectivity index (χ4n) is 2.51. The van der Waals surface area contributed by atoms with Crippen LogP contribution in [0.2, 0.25) is 0 Å². The van der Waals surface area contributed by atoms with Crippen LogP contribution in [0.1, 0.15) is 12.0 Å². The van der Waals surface area contributed by atoms with Gasteiger partial charge in [0.1, 0.15) is 11.7 Å². The van der Waals surface area contributed by atoms with E-state index in [0.29, 0.717) is 0 Å². The molecule has 96 valence electrons. The lowest BCUT2D eigenvalue weighted by atomic mass is 9.82. The third-order valence-corrected chi connectivity index (χ3v) is 3.43. The average molecular weight is 258 g/mol. The molecule has 17 heavy (non-hydrogen) atoms. The van der Waals surface area contributed by atoms with Gasteiger partial charge >= 0.3 is 0 Å². The highest BCUT2D eigenvalue weighted by atomic mass is 35.5. The number of ether oxygens (including phenoxy) is 2. The standard InChI is InChI=1S/C13H19NO2.ClH/c1-15-12-10-14-9-8-13(12,16-2)11-6-4-3-5-7-11;/h3-7,12,14H,8-10H2,1-2H3;1H/t12-,13-;/m1./s1. The van der Waals surface area contributed by atoms with Gasteiger partial charge in [-0.3, -0.25) is 0 Å². The predicted octanol–water partition coefficient (Wildman–Crippen LogP) is 1.96. The highest BCUT2D eigenvalue weighted by Gasteiger charge is 2.42. The maximum absolute atomic E-state index is 5.80. The molecule has 0 spiro atoms. The molecule has 1 aliphatic heterocycles. The molecule has 3 nitrogen and oxygen atoms in total. The summed E-state index contributed by atoms with van der Waals surface area (Å²) in [6.07, 6.45) is 1.00. The second-order valence-electron chi connectivity index (χ2n) is 4.14. The van der Waals surface area contributed by atoms with E-state index in [1.165, 1.54) is 5.56 Å². The maximum Gasteiger partial charge on any atom is 0.121 e. The van der Waals surface area contributed by atoms with E-state index in [4.69, 9.17) is 9.47 Å². The fraction of sp³-hybridized carbons (Fsp3) is 0.538. The largest absolute Gasteiger partial charge is 0.377 e. The van der Waals surface area contributed by atoms with Crippen LogP contribution in [0, 0.1) is 0 Å². The summed E-state index contributed by atoms with van der Waals surface area (Å²) in [6.45, 7) is 1.79. The quantitative estimate of drug-likeness (QED) is 0.898. The number of methoxy groups -OCH3 is 2. The van der Waals surface area contributed by atoms with Gasteiger partial charge in [0.15, 0.2) is 0 Å². The number of piperidine rings is 1. The molecule has 0 amide bonds. The van der Waals surface area contributed by atoms with Gasteiger partial charge in [0.2, 0.25) is 0 Å². The molecule has 1 aliphatic rings. The van der Waals surface area contributed by atoms with Gasteiger partial charge in [-0.15, -0.1) is 12.4 Å². The summed E-state index contributed by atoms with van der Waals surface area (Å²) in [6, 6.07) is 10.3. The maximum atomic E-state index is 5.80. The van der Waals surface area contributed by atoms with Crippen LogP contribution >= 0.6 is 12.4 Å². The molecule has 1 aromatic rings. The van der Waals surface area contributed by atoms with Crippen molar-refractivity contribution < 1.29 is 9.47 Å². The van der Waals surface area contributed by atoms with Crippen molar-refractivity contribution in [3.05, 3.63) is 35.9 Å². The molecule has 0 unspecified atom stereocenters. The van der Waals surface area contributed by atoms with Crippen molar-refractivity contribution in [2.45, 2.75) is 18.1 Å². The first-order valence-electron chi connectivity index (χ1n) is 5.67. The Morgan fingerprint density at radius 2 is 1.94 bits per heavy atom. The Bertz CT molecular complexity index is 333. The van der Waals surface area contributed by atoms with E-state index < -0.39 is 0 Å². The van der Waals surface area contributed by atoms with Gasteiger partial charge in [-0.25, -0.2) is 0 Å². The van der Waals surface area contributed by atoms with Crippen molar-refractivity contribution >= 4 is 12.4 Å². The number of rotatable bonds is 3. The second kappa shape index (κ2) is 6.36. The molecule has 1 saturated heterocycles. The molecule has 1 fully saturated rings. The van der Waals surface area contributed by atoms with Crippen LogP contribution in [0.25, 0.3) is 0 Å². The third kappa shape index (κ3) is 2.63. The van der Waals surface area contributed by atoms with Crippen molar-refractivity contribution in [2.75, 3.05) is 27.3 Å². The van der Waals surface area contributed by atoms with E-state index in [1.807, 2.05) is 18.2 Å². The van der Waals surface area contributed by atoms with E-state index in [0.717, 1.165) is 19.5 Å². The molecule has 2 atom stereocenters. The summed E-state index contributed by atoms with van der Waals surface area (Å²) in [5, 5.41) is 3.34. The minimum atomic E-state index is -0.304. The minimum Gasteiger partial charge on any atom is -0.377 e. The second-order valence-corrected chi connectivity index (χ2v) is 4.14. The summed E-state index contributed by atoms with van der Waals surface area (Å²) in [4.78, 5) is 0. The SMILES string of the molecule is CO[C@@H]1CNCC[C@@]1(OC)c1ccccc1.Cl. The van der Waals surface area contributed by atoms with Crippen LogP contribution in [0.15, 0.2) is 30.3 Å². The molecular weight excluding hydrogens is 238 g/mol. The Labute approximate surface area is 109 Å². The molecule has 0 radical (unpaired) electrons. The Kier molecular flexibility index (Phi) is 5.40. The van der Waals surface area contributed by atoms with Gasteiger partial charge in [-0.05, 0) is 18.5 Å². The molecule has 0 aliphatic carbocycles. The van der Waals surface area contributed by atoms with Crippen LogP contribution in [0.4, 0.5) is 0 Å². The zero-order valence-electron chi connectivity index (χ0n) is 10.3. The lowest BCUT2D eigenvalue weighted by Gasteiger charge is -2.42. The van der Waals surface area contributed by atoms with Gasteiger partial charge in [0.05, 0.1) is 0 Å². The lowest BCUT2D eigenvalue weighted by Crippen LogP contribution is -2.53. The summed E-state index contributed by atoms with van der Waals surface area (Å²) in [5.74, 6) is 0. The summed E-state index contributed by atoms with van der Waals surface area (Å²) in [5.41, 5.74) is 0.896. The molecular formula is C13H20ClNO2. The smallest absolute Gasteiger partial charge is 0.121 e. The topological polar surface area (TPSA) is 30.5 Å². The molecule has 0 saturated carbocycles. The number of hydrogen-bond acceptors (Lipinski definition) is 3. The fourth-order valence-corrected chi connectivity index (χ4v) is 2.51. The molecule has 2 rings (SSSR count). The van der Waals surface area contributed by atoms with Crippen molar-refractivity contribution in [3.8, 4) is 0 Å². The van der Waals surface area contributed by atoms with Crippen molar-refractivity contribution in [1.82, 2.24) is 5.32 Å². The first-order valence-corrected chi connectivity index (χ1v) is 5.67. The van der Waals surface area contributed by atoms with Crippen LogP contribution in [-0.2, 0) is 15.1 Å². The van der Waals surface area contributed by atoms with Crippen LogP contribution in [0.3, 0.4) is 0 Å². The zero-order valence-corrected chi connectivity index (χ0v) is 11.1. The molecule has 4 heteroatoms. The van der Waals surface area contributed by atoms with Crippen molar-refractivity contribution in [3.63, 3.8) is 0 Å². The lowest BCUT2D eigenvalue weighted by molar-refractivity contribution is -0.137. The van der Waals surface area contributed by atoms with Gasteiger partial charge < -0.3 is 14.8 Å². The normalized spacial score (nSPS) is 28.5. The highest BCUT2D eigenvalue weighted by molar-refractivity contribution is 5.85. The van der Waals surface area contributed by atoms with Gasteiger partial charge in [-0.1, -0.05) is 30.3 Å². The first kappa shape index (κ1) is 14.5. The van der Waals surface area contributed by atoms with Crippen LogP contribution in [-0.4, -0.2) is 33.4 Å². The van der Waals surface area contributed by atoms with E-state index >= 15 is 0 Å². The molecule has 1 N–H and O–H groups in total. The number of hydrogen-bond donors (Lipinski definition) is 1. The van der Waals surface area contributed by atoms with Crippen molar-refractivity contribution in [1.29, 1.82) is 0 Å². The minimum absolute atomic E-state index is 0. The molecule has 0 aromatic heterocycles. The third-order valence-electron chi connectivity index (χ3n) is 3.43. The number of benzene rings is 1. The summed E-state index contributed by atoms with van der Waals surface area (Å²) in [7, 11) is 3.51. The Morgan fingerprint density at radius 1 is 1.24 bits per heavy atom. The van der Waals surface area contributed by atoms with E-state index in [1.54, 1.807) is 14.2 Å². The van der Waals surface area contributed by atoms with Crippen LogP contribution in [0.5, 0.6) is 0 Å². The predicted molar refractivity (Wildman–Crippen MR) is 70.7 cm³/mol. The Morgan fingerprint density at radius 3 is 2.53 bits per heavy atom. The zero-order chi connectivity index (χ0) is 11.4. The monoisotopic (exact) mass is 257 g/mol. The first-order chi connectivity index (χ1) is 7.83.